The summed E-state index contributed by atoms with van der Waals surface area (Å²) in [5.74, 6) is -0.345. The summed E-state index contributed by atoms with van der Waals surface area (Å²) >= 11 is 0. The molecule has 3 rings (SSSR count). The second kappa shape index (κ2) is 5.47. The molecule has 1 aromatic carbocycles. The Balaban J connectivity index is 1.64. The molecule has 5 heteroatoms. The van der Waals surface area contributed by atoms with E-state index in [0.717, 1.165) is 18.4 Å². The molecular formula is C16H19FN2O2. The highest BCUT2D eigenvalue weighted by atomic mass is 19.1. The van der Waals surface area contributed by atoms with E-state index in [2.05, 4.69) is 0 Å². The van der Waals surface area contributed by atoms with Gasteiger partial charge in [-0.3, -0.25) is 9.59 Å². The van der Waals surface area contributed by atoms with Crippen molar-refractivity contribution in [2.75, 3.05) is 26.2 Å². The summed E-state index contributed by atoms with van der Waals surface area (Å²) < 4.78 is 13.8. The van der Waals surface area contributed by atoms with E-state index in [1.165, 1.54) is 6.07 Å². The molecule has 0 radical (unpaired) electrons. The lowest BCUT2D eigenvalue weighted by Gasteiger charge is -2.35. The van der Waals surface area contributed by atoms with Gasteiger partial charge in [0.25, 0.3) is 5.91 Å². The fourth-order valence-electron chi connectivity index (χ4n) is 2.69. The fourth-order valence-corrected chi connectivity index (χ4v) is 2.69. The minimum Gasteiger partial charge on any atom is -0.339 e. The van der Waals surface area contributed by atoms with Crippen LogP contribution in [-0.4, -0.2) is 47.8 Å². The number of hydrogen-bond donors (Lipinski definition) is 0. The van der Waals surface area contributed by atoms with Crippen LogP contribution in [0.15, 0.2) is 18.2 Å². The van der Waals surface area contributed by atoms with Crippen LogP contribution in [0.3, 0.4) is 0 Å². The number of hydrogen-bond acceptors (Lipinski definition) is 2. The second-order valence-corrected chi connectivity index (χ2v) is 5.88. The van der Waals surface area contributed by atoms with Crippen molar-refractivity contribution in [3.05, 3.63) is 35.1 Å². The number of piperazine rings is 1. The minimum atomic E-state index is -0.484. The quantitative estimate of drug-likeness (QED) is 0.834. The van der Waals surface area contributed by atoms with Crippen molar-refractivity contribution in [1.82, 2.24) is 9.80 Å². The lowest BCUT2D eigenvalue weighted by molar-refractivity contribution is -0.134. The van der Waals surface area contributed by atoms with Gasteiger partial charge in [0.15, 0.2) is 0 Å². The van der Waals surface area contributed by atoms with Gasteiger partial charge in [-0.2, -0.15) is 0 Å². The molecule has 1 saturated carbocycles. The first kappa shape index (κ1) is 14.0. The van der Waals surface area contributed by atoms with Crippen LogP contribution in [0.5, 0.6) is 0 Å². The molecule has 112 valence electrons. The molecule has 21 heavy (non-hydrogen) atoms. The van der Waals surface area contributed by atoms with Crippen molar-refractivity contribution in [1.29, 1.82) is 0 Å². The zero-order valence-corrected chi connectivity index (χ0v) is 12.1. The molecule has 0 aromatic heterocycles. The molecular weight excluding hydrogens is 271 g/mol. The van der Waals surface area contributed by atoms with Crippen LogP contribution in [0.25, 0.3) is 0 Å². The SMILES string of the molecule is Cc1ccc(F)c(C(=O)N2CCN(C(=O)C3CC3)CC2)c1. The maximum Gasteiger partial charge on any atom is 0.256 e. The lowest BCUT2D eigenvalue weighted by Crippen LogP contribution is -2.51. The van der Waals surface area contributed by atoms with Crippen LogP contribution in [-0.2, 0) is 4.79 Å². The molecule has 1 saturated heterocycles. The number of carbonyl (C=O) groups excluding carboxylic acids is 2. The molecule has 2 fully saturated rings. The Bertz CT molecular complexity index is 576. The van der Waals surface area contributed by atoms with Gasteiger partial charge in [-0.05, 0) is 31.9 Å². The molecule has 1 aromatic rings. The third-order valence-electron chi connectivity index (χ3n) is 4.16. The van der Waals surface area contributed by atoms with Crippen LogP contribution in [0.4, 0.5) is 4.39 Å². The van der Waals surface area contributed by atoms with Crippen LogP contribution in [0.1, 0.15) is 28.8 Å². The van der Waals surface area contributed by atoms with Crippen molar-refractivity contribution in [3.8, 4) is 0 Å². The highest BCUT2D eigenvalue weighted by molar-refractivity contribution is 5.95. The lowest BCUT2D eigenvalue weighted by atomic mass is 10.1. The number of halogens is 1. The van der Waals surface area contributed by atoms with Crippen molar-refractivity contribution < 1.29 is 14.0 Å². The van der Waals surface area contributed by atoms with Gasteiger partial charge in [0, 0.05) is 32.1 Å². The van der Waals surface area contributed by atoms with E-state index in [9.17, 15) is 14.0 Å². The zero-order valence-electron chi connectivity index (χ0n) is 12.1. The third kappa shape index (κ3) is 2.91. The molecule has 1 aliphatic carbocycles. The predicted octanol–water partition coefficient (Wildman–Crippen LogP) is 1.83. The van der Waals surface area contributed by atoms with Gasteiger partial charge in [0.2, 0.25) is 5.91 Å². The normalized spacial score (nSPS) is 18.8. The van der Waals surface area contributed by atoms with Crippen molar-refractivity contribution in [2.45, 2.75) is 19.8 Å². The Morgan fingerprint density at radius 2 is 1.71 bits per heavy atom. The van der Waals surface area contributed by atoms with Gasteiger partial charge in [-0.15, -0.1) is 0 Å². The average molecular weight is 290 g/mol. The number of amides is 2. The standard InChI is InChI=1S/C16H19FN2O2/c1-11-2-5-14(17)13(10-11)16(21)19-8-6-18(7-9-19)15(20)12-3-4-12/h2,5,10,12H,3-4,6-9H2,1H3. The topological polar surface area (TPSA) is 40.6 Å². The van der Waals surface area contributed by atoms with Gasteiger partial charge in [-0.1, -0.05) is 11.6 Å². The minimum absolute atomic E-state index is 0.122. The molecule has 2 amide bonds. The van der Waals surface area contributed by atoms with E-state index in [-0.39, 0.29) is 23.3 Å². The first-order chi connectivity index (χ1) is 10.1. The number of aryl methyl sites for hydroxylation is 1. The van der Waals surface area contributed by atoms with Crippen LogP contribution >= 0.6 is 0 Å². The van der Waals surface area contributed by atoms with E-state index in [4.69, 9.17) is 0 Å². The summed E-state index contributed by atoms with van der Waals surface area (Å²) in [5, 5.41) is 0. The Hall–Kier alpha value is -1.91. The van der Waals surface area contributed by atoms with Gasteiger partial charge >= 0.3 is 0 Å². The number of nitrogens with zero attached hydrogens (tertiary/aromatic N) is 2. The molecule has 0 bridgehead atoms. The molecule has 2 aliphatic rings. The van der Waals surface area contributed by atoms with Crippen molar-refractivity contribution in [3.63, 3.8) is 0 Å². The summed E-state index contributed by atoms with van der Waals surface area (Å²) in [5.41, 5.74) is 0.985. The molecule has 0 atom stereocenters. The smallest absolute Gasteiger partial charge is 0.256 e. The second-order valence-electron chi connectivity index (χ2n) is 5.88. The van der Waals surface area contributed by atoms with Crippen molar-refractivity contribution >= 4 is 11.8 Å². The number of carbonyl (C=O) groups is 2. The van der Waals surface area contributed by atoms with Gasteiger partial charge in [0.1, 0.15) is 5.82 Å². The summed E-state index contributed by atoms with van der Waals surface area (Å²) in [6.07, 6.45) is 1.99. The van der Waals surface area contributed by atoms with Crippen LogP contribution in [0.2, 0.25) is 0 Å². The van der Waals surface area contributed by atoms with E-state index in [1.807, 2.05) is 11.8 Å². The predicted molar refractivity (Wildman–Crippen MR) is 76.3 cm³/mol. The van der Waals surface area contributed by atoms with Gasteiger partial charge in [0.05, 0.1) is 5.56 Å². The fraction of sp³-hybridized carbons (Fsp3) is 0.500. The molecule has 0 spiro atoms. The number of rotatable bonds is 2. The largest absolute Gasteiger partial charge is 0.339 e. The first-order valence-electron chi connectivity index (χ1n) is 7.40. The Morgan fingerprint density at radius 1 is 1.10 bits per heavy atom. The maximum absolute atomic E-state index is 13.8. The Morgan fingerprint density at radius 3 is 2.33 bits per heavy atom. The Labute approximate surface area is 123 Å². The van der Waals surface area contributed by atoms with E-state index >= 15 is 0 Å². The highest BCUT2D eigenvalue weighted by Gasteiger charge is 2.35. The van der Waals surface area contributed by atoms with E-state index in [0.29, 0.717) is 26.2 Å². The zero-order chi connectivity index (χ0) is 15.0. The monoisotopic (exact) mass is 290 g/mol. The summed E-state index contributed by atoms with van der Waals surface area (Å²) in [4.78, 5) is 27.8. The highest BCUT2D eigenvalue weighted by Crippen LogP contribution is 2.31. The summed E-state index contributed by atoms with van der Waals surface area (Å²) in [6.45, 7) is 3.89. The molecule has 4 nitrogen and oxygen atoms in total. The van der Waals surface area contributed by atoms with E-state index in [1.54, 1.807) is 17.0 Å². The van der Waals surface area contributed by atoms with Crippen molar-refractivity contribution in [2.24, 2.45) is 5.92 Å². The molecule has 1 aliphatic heterocycles. The molecule has 0 N–H and O–H groups in total. The van der Waals surface area contributed by atoms with Gasteiger partial charge in [-0.25, -0.2) is 4.39 Å². The maximum atomic E-state index is 13.8. The van der Waals surface area contributed by atoms with Crippen LogP contribution < -0.4 is 0 Å². The van der Waals surface area contributed by atoms with E-state index < -0.39 is 5.82 Å². The summed E-state index contributed by atoms with van der Waals surface area (Å²) in [6, 6.07) is 4.56. The molecule has 1 heterocycles. The van der Waals surface area contributed by atoms with Gasteiger partial charge < -0.3 is 9.80 Å². The summed E-state index contributed by atoms with van der Waals surface area (Å²) in [7, 11) is 0. The average Bonchev–Trinajstić information content (AvgIpc) is 3.33. The number of benzene rings is 1. The molecule has 0 unspecified atom stereocenters. The Kier molecular flexibility index (Phi) is 3.66. The first-order valence-corrected chi connectivity index (χ1v) is 7.40. The van der Waals surface area contributed by atoms with Crippen LogP contribution in [0, 0.1) is 18.7 Å². The third-order valence-corrected chi connectivity index (χ3v) is 4.16.